The van der Waals surface area contributed by atoms with Crippen LogP contribution in [0.25, 0.3) is 0 Å². The van der Waals surface area contributed by atoms with E-state index in [1.165, 1.54) is 18.2 Å². The lowest BCUT2D eigenvalue weighted by molar-refractivity contribution is -0.0968. The van der Waals surface area contributed by atoms with E-state index in [9.17, 15) is 9.18 Å². The molecule has 142 valence electrons. The predicted octanol–water partition coefficient (Wildman–Crippen LogP) is 3.22. The summed E-state index contributed by atoms with van der Waals surface area (Å²) in [4.78, 5) is 23.1. The molecule has 0 unspecified atom stereocenters. The Morgan fingerprint density at radius 1 is 1.30 bits per heavy atom. The molecule has 7 heteroatoms. The van der Waals surface area contributed by atoms with Crippen LogP contribution in [0.15, 0.2) is 30.6 Å². The monoisotopic (exact) mass is 388 g/mol. The van der Waals surface area contributed by atoms with Crippen molar-refractivity contribution in [2.24, 2.45) is 11.3 Å². The van der Waals surface area contributed by atoms with Crippen molar-refractivity contribution in [2.45, 2.75) is 26.3 Å². The second-order valence-electron chi connectivity index (χ2n) is 7.93. The van der Waals surface area contributed by atoms with Gasteiger partial charge >= 0.3 is 0 Å². The van der Waals surface area contributed by atoms with Crippen LogP contribution in [0.1, 0.15) is 34.6 Å². The van der Waals surface area contributed by atoms with Gasteiger partial charge in [-0.05, 0) is 49.3 Å². The molecule has 0 bridgehead atoms. The number of rotatable bonds is 5. The molecule has 1 aromatic heterocycles. The van der Waals surface area contributed by atoms with E-state index in [0.717, 1.165) is 43.9 Å². The van der Waals surface area contributed by atoms with Crippen LogP contribution in [-0.2, 0) is 6.54 Å². The summed E-state index contributed by atoms with van der Waals surface area (Å²) in [5.41, 5.74) is 1.82. The number of hydrogen-bond donors (Lipinski definition) is 1. The highest BCUT2D eigenvalue weighted by molar-refractivity contribution is 6.31. The van der Waals surface area contributed by atoms with E-state index in [-0.39, 0.29) is 16.5 Å². The van der Waals surface area contributed by atoms with Crippen LogP contribution < -0.4 is 5.32 Å². The molecule has 1 amide bonds. The zero-order chi connectivity index (χ0) is 19.0. The summed E-state index contributed by atoms with van der Waals surface area (Å²) >= 11 is 5.81. The molecule has 27 heavy (non-hydrogen) atoms. The highest BCUT2D eigenvalue weighted by atomic mass is 35.5. The molecule has 1 saturated heterocycles. The summed E-state index contributed by atoms with van der Waals surface area (Å²) < 4.78 is 13.4. The summed E-state index contributed by atoms with van der Waals surface area (Å²) in [5.74, 6) is 0.516. The van der Waals surface area contributed by atoms with E-state index in [4.69, 9.17) is 11.6 Å². The average molecular weight is 389 g/mol. The molecule has 2 aliphatic rings. The maximum absolute atomic E-state index is 13.4. The molecule has 1 aliphatic heterocycles. The zero-order valence-corrected chi connectivity index (χ0v) is 16.0. The summed E-state index contributed by atoms with van der Waals surface area (Å²) in [6.07, 6.45) is 6.03. The van der Waals surface area contributed by atoms with Gasteiger partial charge in [-0.15, -0.1) is 0 Å². The Morgan fingerprint density at radius 3 is 2.67 bits per heavy atom. The quantitative estimate of drug-likeness (QED) is 0.854. The van der Waals surface area contributed by atoms with Crippen molar-refractivity contribution in [1.29, 1.82) is 0 Å². The molecule has 4 rings (SSSR count). The van der Waals surface area contributed by atoms with Crippen molar-refractivity contribution < 1.29 is 9.18 Å². The van der Waals surface area contributed by atoms with Gasteiger partial charge in [-0.2, -0.15) is 0 Å². The Morgan fingerprint density at radius 2 is 2.00 bits per heavy atom. The molecular weight excluding hydrogens is 367 g/mol. The molecule has 0 radical (unpaired) electrons. The molecule has 0 atom stereocenters. The van der Waals surface area contributed by atoms with Crippen molar-refractivity contribution in [1.82, 2.24) is 20.2 Å². The lowest BCUT2D eigenvalue weighted by atomic mass is 9.57. The minimum atomic E-state index is -0.496. The van der Waals surface area contributed by atoms with Crippen LogP contribution in [-0.4, -0.2) is 40.4 Å². The zero-order valence-electron chi connectivity index (χ0n) is 15.2. The van der Waals surface area contributed by atoms with Crippen LogP contribution in [0.3, 0.4) is 0 Å². The number of aryl methyl sites for hydroxylation is 1. The van der Waals surface area contributed by atoms with Crippen LogP contribution in [0.5, 0.6) is 0 Å². The third kappa shape index (κ3) is 4.12. The first kappa shape index (κ1) is 18.3. The van der Waals surface area contributed by atoms with Crippen LogP contribution in [0.2, 0.25) is 5.02 Å². The topological polar surface area (TPSA) is 58.1 Å². The third-order valence-corrected chi connectivity index (χ3v) is 5.70. The Kier molecular flexibility index (Phi) is 4.86. The molecule has 2 heterocycles. The van der Waals surface area contributed by atoms with Crippen molar-refractivity contribution in [2.75, 3.05) is 19.6 Å². The van der Waals surface area contributed by atoms with Gasteiger partial charge in [0.25, 0.3) is 5.91 Å². The minimum absolute atomic E-state index is 0.233. The van der Waals surface area contributed by atoms with Crippen LogP contribution >= 0.6 is 11.6 Å². The molecule has 1 aromatic carbocycles. The molecule has 2 aromatic rings. The average Bonchev–Trinajstić information content (AvgIpc) is 2.55. The fourth-order valence-corrected chi connectivity index (χ4v) is 4.59. The normalized spacial score (nSPS) is 18.8. The van der Waals surface area contributed by atoms with Gasteiger partial charge in [0, 0.05) is 54.7 Å². The highest BCUT2D eigenvalue weighted by Crippen LogP contribution is 2.51. The second kappa shape index (κ2) is 7.17. The number of carbonyl (C=O) groups excluding carboxylic acids is 1. The standard InChI is InChI=1S/C20H22ClFN4O/c1-13-23-8-15(9-24-13)10-26-11-20(12-26)5-14(6-20)7-25-19(27)16-2-17(21)4-18(22)3-16/h2-4,8-9,14H,5-7,10-12H2,1H3,(H,25,27). The molecular formula is C20H22ClFN4O. The van der Waals surface area contributed by atoms with Gasteiger partial charge in [-0.3, -0.25) is 9.69 Å². The Bertz CT molecular complexity index is 823. The van der Waals surface area contributed by atoms with Gasteiger partial charge in [0.1, 0.15) is 11.6 Å². The van der Waals surface area contributed by atoms with Gasteiger partial charge in [0.2, 0.25) is 0 Å². The van der Waals surface area contributed by atoms with Crippen LogP contribution in [0, 0.1) is 24.1 Å². The Balaban J connectivity index is 1.19. The number of nitrogens with one attached hydrogen (secondary N) is 1. The number of carbonyl (C=O) groups is 1. The fourth-order valence-electron chi connectivity index (χ4n) is 4.36. The number of aromatic nitrogens is 2. The van der Waals surface area contributed by atoms with E-state index in [1.54, 1.807) is 0 Å². The number of halogens is 2. The van der Waals surface area contributed by atoms with Crippen LogP contribution in [0.4, 0.5) is 4.39 Å². The summed E-state index contributed by atoms with van der Waals surface area (Å²) in [7, 11) is 0. The smallest absolute Gasteiger partial charge is 0.251 e. The number of likely N-dealkylation sites (tertiary alicyclic amines) is 1. The van der Waals surface area contributed by atoms with Crippen molar-refractivity contribution in [3.63, 3.8) is 0 Å². The molecule has 1 spiro atoms. The Labute approximate surface area is 163 Å². The largest absolute Gasteiger partial charge is 0.352 e. The van der Waals surface area contributed by atoms with Gasteiger partial charge < -0.3 is 5.32 Å². The summed E-state index contributed by atoms with van der Waals surface area (Å²) in [6, 6.07) is 3.89. The van der Waals surface area contributed by atoms with Crippen molar-refractivity contribution in [3.8, 4) is 0 Å². The maximum atomic E-state index is 13.4. The van der Waals surface area contributed by atoms with E-state index in [0.29, 0.717) is 17.9 Å². The van der Waals surface area contributed by atoms with Crippen molar-refractivity contribution in [3.05, 3.63) is 58.4 Å². The second-order valence-corrected chi connectivity index (χ2v) is 8.36. The lowest BCUT2D eigenvalue weighted by Gasteiger charge is -2.59. The van der Waals surface area contributed by atoms with E-state index in [1.807, 2.05) is 19.3 Å². The molecule has 1 saturated carbocycles. The van der Waals surface area contributed by atoms with Gasteiger partial charge in [0.05, 0.1) is 0 Å². The predicted molar refractivity (Wildman–Crippen MR) is 101 cm³/mol. The van der Waals surface area contributed by atoms with E-state index >= 15 is 0 Å². The van der Waals surface area contributed by atoms with Crippen molar-refractivity contribution >= 4 is 17.5 Å². The summed E-state index contributed by atoms with van der Waals surface area (Å²) in [5, 5.41) is 3.14. The van der Waals surface area contributed by atoms with Gasteiger partial charge in [-0.1, -0.05) is 11.6 Å². The first-order valence-electron chi connectivity index (χ1n) is 9.15. The van der Waals surface area contributed by atoms with E-state index in [2.05, 4.69) is 20.2 Å². The molecule has 1 aliphatic carbocycles. The molecule has 5 nitrogen and oxygen atoms in total. The third-order valence-electron chi connectivity index (χ3n) is 5.48. The first-order valence-corrected chi connectivity index (χ1v) is 9.53. The minimum Gasteiger partial charge on any atom is -0.352 e. The highest BCUT2D eigenvalue weighted by Gasteiger charge is 2.51. The number of hydrogen-bond acceptors (Lipinski definition) is 4. The Hall–Kier alpha value is -2.05. The number of nitrogens with zero attached hydrogens (tertiary/aromatic N) is 3. The number of benzene rings is 1. The maximum Gasteiger partial charge on any atom is 0.251 e. The molecule has 1 N–H and O–H groups in total. The fraction of sp³-hybridized carbons (Fsp3) is 0.450. The van der Waals surface area contributed by atoms with Gasteiger partial charge in [-0.25, -0.2) is 14.4 Å². The summed E-state index contributed by atoms with van der Waals surface area (Å²) in [6.45, 7) is 5.58. The van der Waals surface area contributed by atoms with E-state index < -0.39 is 5.82 Å². The van der Waals surface area contributed by atoms with Gasteiger partial charge in [0.15, 0.2) is 0 Å². The molecule has 2 fully saturated rings. The SMILES string of the molecule is Cc1ncc(CN2CC3(CC(CNC(=O)c4cc(F)cc(Cl)c4)C3)C2)cn1. The number of amides is 1. The lowest BCUT2D eigenvalue weighted by Crippen LogP contribution is -2.62. The first-order chi connectivity index (χ1) is 12.9.